The van der Waals surface area contributed by atoms with E-state index in [0.29, 0.717) is 24.9 Å². The van der Waals surface area contributed by atoms with Crippen molar-refractivity contribution < 1.29 is 13.9 Å². The van der Waals surface area contributed by atoms with Crippen LogP contribution in [0.5, 0.6) is 5.75 Å². The van der Waals surface area contributed by atoms with E-state index in [1.54, 1.807) is 6.07 Å². The standard InChI is InChI=1S/C11H8FNO2/c12-10-4-7(6-14)8-2-1-3-15-11(8)9(10)5-13/h4,6H,1-3H2. The Morgan fingerprint density at radius 2 is 2.40 bits per heavy atom. The number of benzene rings is 1. The number of nitriles is 1. The van der Waals surface area contributed by atoms with Crippen molar-refractivity contribution in [3.05, 3.63) is 28.6 Å². The van der Waals surface area contributed by atoms with Gasteiger partial charge in [-0.2, -0.15) is 5.26 Å². The number of halogens is 1. The summed E-state index contributed by atoms with van der Waals surface area (Å²) in [5, 5.41) is 8.78. The summed E-state index contributed by atoms with van der Waals surface area (Å²) in [4.78, 5) is 10.7. The zero-order valence-electron chi connectivity index (χ0n) is 7.92. The fraction of sp³-hybridized carbons (Fsp3) is 0.273. The molecule has 0 saturated heterocycles. The molecule has 0 N–H and O–H groups in total. The Morgan fingerprint density at radius 1 is 1.60 bits per heavy atom. The Labute approximate surface area is 86.1 Å². The van der Waals surface area contributed by atoms with E-state index >= 15 is 0 Å². The summed E-state index contributed by atoms with van der Waals surface area (Å²) in [5.74, 6) is -0.453. The summed E-state index contributed by atoms with van der Waals surface area (Å²) in [6, 6.07) is 2.86. The number of carbonyl (C=O) groups excluding carboxylic acids is 1. The molecule has 0 spiro atoms. The van der Waals surface area contributed by atoms with Crippen LogP contribution < -0.4 is 4.74 Å². The van der Waals surface area contributed by atoms with E-state index in [1.165, 1.54) is 0 Å². The number of hydrogen-bond donors (Lipinski definition) is 0. The molecule has 2 rings (SSSR count). The normalized spacial score (nSPS) is 13.6. The van der Waals surface area contributed by atoms with E-state index in [1.807, 2.05) is 0 Å². The molecule has 0 aliphatic carbocycles. The molecule has 0 unspecified atom stereocenters. The third kappa shape index (κ3) is 1.46. The van der Waals surface area contributed by atoms with Crippen molar-refractivity contribution in [2.45, 2.75) is 12.8 Å². The average Bonchev–Trinajstić information content (AvgIpc) is 2.28. The van der Waals surface area contributed by atoms with Crippen LogP contribution in [0.15, 0.2) is 6.07 Å². The number of nitrogens with zero attached hydrogens (tertiary/aromatic N) is 1. The first-order valence-electron chi connectivity index (χ1n) is 4.61. The van der Waals surface area contributed by atoms with Crippen LogP contribution in [-0.4, -0.2) is 12.9 Å². The van der Waals surface area contributed by atoms with E-state index in [9.17, 15) is 9.18 Å². The molecule has 0 fully saturated rings. The topological polar surface area (TPSA) is 50.1 Å². The van der Waals surface area contributed by atoms with Crippen LogP contribution in [0.4, 0.5) is 4.39 Å². The van der Waals surface area contributed by atoms with Gasteiger partial charge in [-0.3, -0.25) is 4.79 Å². The predicted molar refractivity (Wildman–Crippen MR) is 50.3 cm³/mol. The Hall–Kier alpha value is -1.89. The van der Waals surface area contributed by atoms with E-state index in [2.05, 4.69) is 0 Å². The first-order valence-corrected chi connectivity index (χ1v) is 4.61. The van der Waals surface area contributed by atoms with E-state index < -0.39 is 5.82 Å². The number of ether oxygens (including phenoxy) is 1. The second kappa shape index (κ2) is 3.70. The third-order valence-corrected chi connectivity index (χ3v) is 2.43. The highest BCUT2D eigenvalue weighted by Crippen LogP contribution is 2.32. The van der Waals surface area contributed by atoms with E-state index in [4.69, 9.17) is 10.00 Å². The fourth-order valence-corrected chi connectivity index (χ4v) is 1.74. The number of aldehydes is 1. The SMILES string of the molecule is N#Cc1c(F)cc(C=O)c2c1OCCC2. The lowest BCUT2D eigenvalue weighted by molar-refractivity contribution is 0.112. The number of carbonyl (C=O) groups is 1. The van der Waals surface area contributed by atoms with Gasteiger partial charge < -0.3 is 4.74 Å². The number of hydrogen-bond acceptors (Lipinski definition) is 3. The molecule has 0 saturated carbocycles. The second-order valence-corrected chi connectivity index (χ2v) is 3.31. The quantitative estimate of drug-likeness (QED) is 0.657. The van der Waals surface area contributed by atoms with Crippen LogP contribution in [0.25, 0.3) is 0 Å². The van der Waals surface area contributed by atoms with Gasteiger partial charge in [0.25, 0.3) is 0 Å². The van der Waals surface area contributed by atoms with Crippen LogP contribution in [0, 0.1) is 17.1 Å². The van der Waals surface area contributed by atoms with Gasteiger partial charge in [0.15, 0.2) is 6.29 Å². The minimum atomic E-state index is -0.694. The highest BCUT2D eigenvalue weighted by atomic mass is 19.1. The smallest absolute Gasteiger partial charge is 0.150 e. The summed E-state index contributed by atoms with van der Waals surface area (Å²) in [6.45, 7) is 0.462. The maximum atomic E-state index is 13.4. The van der Waals surface area contributed by atoms with Gasteiger partial charge in [0.05, 0.1) is 6.61 Å². The molecule has 0 amide bonds. The van der Waals surface area contributed by atoms with Crippen molar-refractivity contribution >= 4 is 6.29 Å². The van der Waals surface area contributed by atoms with Crippen molar-refractivity contribution in [1.82, 2.24) is 0 Å². The fourth-order valence-electron chi connectivity index (χ4n) is 1.74. The minimum Gasteiger partial charge on any atom is -0.492 e. The third-order valence-electron chi connectivity index (χ3n) is 2.43. The van der Waals surface area contributed by atoms with Crippen LogP contribution in [0.2, 0.25) is 0 Å². The summed E-state index contributed by atoms with van der Waals surface area (Å²) < 4.78 is 18.6. The summed E-state index contributed by atoms with van der Waals surface area (Å²) in [6.07, 6.45) is 2.03. The van der Waals surface area contributed by atoms with Crippen molar-refractivity contribution in [3.63, 3.8) is 0 Å². The molecule has 0 radical (unpaired) electrons. The molecule has 15 heavy (non-hydrogen) atoms. The van der Waals surface area contributed by atoms with Gasteiger partial charge in [0.2, 0.25) is 0 Å². The van der Waals surface area contributed by atoms with Gasteiger partial charge in [-0.25, -0.2) is 4.39 Å². The molecule has 0 atom stereocenters. The molecule has 0 aromatic heterocycles. The Bertz CT molecular complexity index is 463. The minimum absolute atomic E-state index is 0.102. The second-order valence-electron chi connectivity index (χ2n) is 3.31. The summed E-state index contributed by atoms with van der Waals surface area (Å²) in [5.41, 5.74) is 0.825. The molecule has 1 aromatic rings. The molecule has 0 bridgehead atoms. The highest BCUT2D eigenvalue weighted by Gasteiger charge is 2.21. The van der Waals surface area contributed by atoms with Crippen molar-refractivity contribution in [1.29, 1.82) is 5.26 Å². The van der Waals surface area contributed by atoms with E-state index in [-0.39, 0.29) is 16.9 Å². The van der Waals surface area contributed by atoms with Crippen LogP contribution in [0.3, 0.4) is 0 Å². The maximum absolute atomic E-state index is 13.4. The first-order chi connectivity index (χ1) is 7.27. The van der Waals surface area contributed by atoms with Gasteiger partial charge >= 0.3 is 0 Å². The lowest BCUT2D eigenvalue weighted by Crippen LogP contribution is -2.13. The van der Waals surface area contributed by atoms with Gasteiger partial charge in [-0.1, -0.05) is 0 Å². The molecule has 1 aliphatic rings. The molecule has 76 valence electrons. The highest BCUT2D eigenvalue weighted by molar-refractivity contribution is 5.80. The zero-order valence-corrected chi connectivity index (χ0v) is 7.92. The Balaban J connectivity index is 2.72. The number of fused-ring (bicyclic) bond motifs is 1. The van der Waals surface area contributed by atoms with Gasteiger partial charge in [-0.15, -0.1) is 0 Å². The summed E-state index contributed by atoms with van der Waals surface area (Å²) in [7, 11) is 0. The first kappa shape index (κ1) is 9.66. The lowest BCUT2D eigenvalue weighted by Gasteiger charge is -2.19. The maximum Gasteiger partial charge on any atom is 0.150 e. The Morgan fingerprint density at radius 3 is 3.07 bits per heavy atom. The van der Waals surface area contributed by atoms with Crippen molar-refractivity contribution in [2.75, 3.05) is 6.61 Å². The summed E-state index contributed by atoms with van der Waals surface area (Å²) >= 11 is 0. The van der Waals surface area contributed by atoms with Crippen molar-refractivity contribution in [3.8, 4) is 11.8 Å². The molecule has 1 heterocycles. The largest absolute Gasteiger partial charge is 0.492 e. The zero-order chi connectivity index (χ0) is 10.8. The average molecular weight is 205 g/mol. The van der Waals surface area contributed by atoms with Crippen molar-refractivity contribution in [2.24, 2.45) is 0 Å². The van der Waals surface area contributed by atoms with Crippen LogP contribution in [0.1, 0.15) is 27.9 Å². The molecule has 4 heteroatoms. The van der Waals surface area contributed by atoms with Gasteiger partial charge in [-0.05, 0) is 18.9 Å². The predicted octanol–water partition coefficient (Wildman–Crippen LogP) is 1.83. The Kier molecular flexibility index (Phi) is 2.38. The van der Waals surface area contributed by atoms with Gasteiger partial charge in [0.1, 0.15) is 23.2 Å². The van der Waals surface area contributed by atoms with E-state index in [0.717, 1.165) is 12.5 Å². The number of rotatable bonds is 1. The molecule has 3 nitrogen and oxygen atoms in total. The van der Waals surface area contributed by atoms with Gasteiger partial charge in [0, 0.05) is 11.1 Å². The molecular weight excluding hydrogens is 197 g/mol. The van der Waals surface area contributed by atoms with Crippen LogP contribution >= 0.6 is 0 Å². The molecular formula is C11H8FNO2. The molecule has 1 aromatic carbocycles. The molecule has 1 aliphatic heterocycles. The van der Waals surface area contributed by atoms with Crippen LogP contribution in [-0.2, 0) is 6.42 Å². The lowest BCUT2D eigenvalue weighted by atomic mass is 9.97. The monoisotopic (exact) mass is 205 g/mol.